The van der Waals surface area contributed by atoms with Crippen LogP contribution in [0, 0.1) is 0 Å². The lowest BCUT2D eigenvalue weighted by atomic mass is 10.0. The molecular weight excluding hydrogens is 973 g/mol. The average Bonchev–Trinajstić information content (AvgIpc) is 3.45. The van der Waals surface area contributed by atoms with Gasteiger partial charge in [-0.1, -0.05) is 340 Å². The molecule has 0 amide bonds. The Balaban J connectivity index is 4.21. The number of carbonyl (C=O) groups excluding carboxylic acids is 3. The van der Waals surface area contributed by atoms with Crippen LogP contribution >= 0.6 is 0 Å². The van der Waals surface area contributed by atoms with Gasteiger partial charge in [0.25, 0.3) is 0 Å². The standard InChI is InChI=1S/C73H138O6/c1-4-7-10-13-16-19-22-25-27-29-31-33-35-36-38-39-41-43-45-48-51-54-57-60-63-66-72(75)78-69-70(68-77-71(74)65-62-59-56-53-50-47-24-21-18-15-12-9-6-3)79-73(76)67-64-61-58-55-52-49-46-44-42-40-37-34-32-30-28-26-23-20-17-14-11-8-5-2/h21,24,29,31,70H,4-20,22-23,25-28,30,32-69H2,1-3H3/b24-21-,31-29-. The van der Waals surface area contributed by atoms with Crippen LogP contribution in [0.15, 0.2) is 24.3 Å². The van der Waals surface area contributed by atoms with Crippen LogP contribution in [-0.2, 0) is 28.6 Å². The summed E-state index contributed by atoms with van der Waals surface area (Å²) in [6.45, 7) is 6.70. The molecular formula is C73H138O6. The molecule has 0 saturated carbocycles. The van der Waals surface area contributed by atoms with Crippen molar-refractivity contribution >= 4 is 17.9 Å². The van der Waals surface area contributed by atoms with Gasteiger partial charge in [-0.05, 0) is 70.6 Å². The third-order valence-electron chi connectivity index (χ3n) is 16.4. The van der Waals surface area contributed by atoms with Crippen LogP contribution in [-0.4, -0.2) is 37.2 Å². The molecule has 0 rings (SSSR count). The lowest BCUT2D eigenvalue weighted by Crippen LogP contribution is -2.30. The minimum Gasteiger partial charge on any atom is -0.462 e. The van der Waals surface area contributed by atoms with Gasteiger partial charge in [0, 0.05) is 19.3 Å². The Morgan fingerprint density at radius 3 is 0.646 bits per heavy atom. The molecule has 1 unspecified atom stereocenters. The molecule has 0 aliphatic rings. The van der Waals surface area contributed by atoms with Crippen molar-refractivity contribution in [1.29, 1.82) is 0 Å². The van der Waals surface area contributed by atoms with E-state index >= 15 is 0 Å². The van der Waals surface area contributed by atoms with Crippen molar-refractivity contribution < 1.29 is 28.6 Å². The van der Waals surface area contributed by atoms with Crippen molar-refractivity contribution in [2.75, 3.05) is 13.2 Å². The maximum absolute atomic E-state index is 13.0. The Morgan fingerprint density at radius 1 is 0.241 bits per heavy atom. The highest BCUT2D eigenvalue weighted by atomic mass is 16.6. The van der Waals surface area contributed by atoms with Crippen molar-refractivity contribution in [1.82, 2.24) is 0 Å². The maximum atomic E-state index is 13.0. The Morgan fingerprint density at radius 2 is 0.418 bits per heavy atom. The Kier molecular flexibility index (Phi) is 66.6. The first kappa shape index (κ1) is 76.9. The first-order valence-electron chi connectivity index (χ1n) is 35.8. The molecule has 0 radical (unpaired) electrons. The summed E-state index contributed by atoms with van der Waals surface area (Å²) in [5.41, 5.74) is 0. The SMILES string of the molecule is CCCCCC/C=C\CCCCCCCC(=O)OCC(COC(=O)CCCCCCCCCCCCCCC/C=C\CCCCCCCCCC)OC(=O)CCCCCCCCCCCCCCCCCCCCCCCCC. The highest BCUT2D eigenvalue weighted by molar-refractivity contribution is 5.71. The topological polar surface area (TPSA) is 78.9 Å². The van der Waals surface area contributed by atoms with Gasteiger partial charge in [0.15, 0.2) is 6.10 Å². The molecule has 466 valence electrons. The van der Waals surface area contributed by atoms with Gasteiger partial charge in [0.2, 0.25) is 0 Å². The molecule has 6 nitrogen and oxygen atoms in total. The summed E-state index contributed by atoms with van der Waals surface area (Å²) in [4.78, 5) is 38.4. The van der Waals surface area contributed by atoms with Crippen LogP contribution < -0.4 is 0 Å². The minimum absolute atomic E-state index is 0.0682. The van der Waals surface area contributed by atoms with Crippen LogP contribution in [0.3, 0.4) is 0 Å². The largest absolute Gasteiger partial charge is 0.462 e. The monoisotopic (exact) mass is 1110 g/mol. The summed E-state index contributed by atoms with van der Waals surface area (Å²) in [5.74, 6) is -0.846. The van der Waals surface area contributed by atoms with E-state index in [1.165, 1.54) is 302 Å². The van der Waals surface area contributed by atoms with E-state index in [1.54, 1.807) is 0 Å². The van der Waals surface area contributed by atoms with E-state index in [0.717, 1.165) is 64.2 Å². The molecule has 0 N–H and O–H groups in total. The van der Waals surface area contributed by atoms with E-state index in [2.05, 4.69) is 45.1 Å². The van der Waals surface area contributed by atoms with Gasteiger partial charge in [-0.2, -0.15) is 0 Å². The summed E-state index contributed by atoms with van der Waals surface area (Å²) in [6.07, 6.45) is 83.6. The maximum Gasteiger partial charge on any atom is 0.306 e. The quantitative estimate of drug-likeness (QED) is 0.0261. The van der Waals surface area contributed by atoms with Crippen molar-refractivity contribution in [3.05, 3.63) is 24.3 Å². The highest BCUT2D eigenvalue weighted by Crippen LogP contribution is 2.19. The fourth-order valence-corrected chi connectivity index (χ4v) is 11.0. The lowest BCUT2D eigenvalue weighted by molar-refractivity contribution is -0.167. The smallest absolute Gasteiger partial charge is 0.306 e. The van der Waals surface area contributed by atoms with Crippen LogP contribution in [0.5, 0.6) is 0 Å². The molecule has 0 aromatic carbocycles. The molecule has 0 aromatic rings. The predicted octanol–water partition coefficient (Wildman–Crippen LogP) is 24.6. The fraction of sp³-hybridized carbons (Fsp3) is 0.904. The van der Waals surface area contributed by atoms with Gasteiger partial charge in [0.1, 0.15) is 13.2 Å². The van der Waals surface area contributed by atoms with Gasteiger partial charge >= 0.3 is 17.9 Å². The van der Waals surface area contributed by atoms with E-state index in [1.807, 2.05) is 0 Å². The Hall–Kier alpha value is -2.11. The highest BCUT2D eigenvalue weighted by Gasteiger charge is 2.19. The van der Waals surface area contributed by atoms with E-state index in [0.29, 0.717) is 19.3 Å². The van der Waals surface area contributed by atoms with Crippen LogP contribution in [0.1, 0.15) is 406 Å². The van der Waals surface area contributed by atoms with E-state index in [9.17, 15) is 14.4 Å². The molecule has 0 aromatic heterocycles. The third-order valence-corrected chi connectivity index (χ3v) is 16.4. The number of rotatable bonds is 67. The second-order valence-electron chi connectivity index (χ2n) is 24.5. The second kappa shape index (κ2) is 68.4. The van der Waals surface area contributed by atoms with Crippen molar-refractivity contribution in [3.8, 4) is 0 Å². The Labute approximate surface area is 493 Å². The average molecular weight is 1110 g/mol. The number of hydrogen-bond donors (Lipinski definition) is 0. The summed E-state index contributed by atoms with van der Waals surface area (Å²) >= 11 is 0. The normalized spacial score (nSPS) is 12.1. The number of carbonyl (C=O) groups is 3. The third kappa shape index (κ3) is 66.6. The van der Waals surface area contributed by atoms with Gasteiger partial charge in [0.05, 0.1) is 0 Å². The first-order valence-corrected chi connectivity index (χ1v) is 35.8. The van der Waals surface area contributed by atoms with Gasteiger partial charge in [-0.25, -0.2) is 0 Å². The van der Waals surface area contributed by atoms with Crippen LogP contribution in [0.2, 0.25) is 0 Å². The van der Waals surface area contributed by atoms with Crippen LogP contribution in [0.25, 0.3) is 0 Å². The molecule has 0 aliphatic carbocycles. The molecule has 1 atom stereocenters. The molecule has 0 heterocycles. The molecule has 0 aliphatic heterocycles. The molecule has 0 bridgehead atoms. The summed E-state index contributed by atoms with van der Waals surface area (Å²) < 4.78 is 17.0. The van der Waals surface area contributed by atoms with Crippen molar-refractivity contribution in [2.45, 2.75) is 412 Å². The Bertz CT molecular complexity index is 1270. The summed E-state index contributed by atoms with van der Waals surface area (Å²) in [5, 5.41) is 0. The molecule has 0 saturated heterocycles. The van der Waals surface area contributed by atoms with Gasteiger partial charge < -0.3 is 14.2 Å². The molecule has 0 spiro atoms. The number of hydrogen-bond acceptors (Lipinski definition) is 6. The van der Waals surface area contributed by atoms with Crippen molar-refractivity contribution in [3.63, 3.8) is 0 Å². The second-order valence-corrected chi connectivity index (χ2v) is 24.5. The first-order chi connectivity index (χ1) is 39.0. The van der Waals surface area contributed by atoms with E-state index in [-0.39, 0.29) is 31.1 Å². The van der Waals surface area contributed by atoms with E-state index < -0.39 is 6.10 Å². The van der Waals surface area contributed by atoms with Crippen LogP contribution in [0.4, 0.5) is 0 Å². The number of allylic oxidation sites excluding steroid dienone is 4. The zero-order valence-electron chi connectivity index (χ0n) is 53.7. The predicted molar refractivity (Wildman–Crippen MR) is 344 cm³/mol. The fourth-order valence-electron chi connectivity index (χ4n) is 11.0. The summed E-state index contributed by atoms with van der Waals surface area (Å²) in [7, 11) is 0. The lowest BCUT2D eigenvalue weighted by Gasteiger charge is -2.18. The summed E-state index contributed by atoms with van der Waals surface area (Å²) in [6, 6.07) is 0. The van der Waals surface area contributed by atoms with Crippen molar-refractivity contribution in [2.24, 2.45) is 0 Å². The minimum atomic E-state index is -0.772. The molecule has 0 fully saturated rings. The number of ether oxygens (including phenoxy) is 3. The van der Waals surface area contributed by atoms with Gasteiger partial charge in [-0.3, -0.25) is 14.4 Å². The number of esters is 3. The molecule has 6 heteroatoms. The zero-order valence-corrected chi connectivity index (χ0v) is 53.7. The van der Waals surface area contributed by atoms with Gasteiger partial charge in [-0.15, -0.1) is 0 Å². The molecule has 79 heavy (non-hydrogen) atoms. The van der Waals surface area contributed by atoms with E-state index in [4.69, 9.17) is 14.2 Å². The zero-order chi connectivity index (χ0) is 57.1. The number of unbranched alkanes of at least 4 members (excludes halogenated alkanes) is 52.